The molecule has 3 N–H and O–H groups in total. The number of carbonyl (C=O) groups is 2. The van der Waals surface area contributed by atoms with Crippen LogP contribution in [0.3, 0.4) is 0 Å². The van der Waals surface area contributed by atoms with E-state index in [9.17, 15) is 9.59 Å². The van der Waals surface area contributed by atoms with Gasteiger partial charge in [-0.2, -0.15) is 0 Å². The molecule has 1 saturated heterocycles. The highest BCUT2D eigenvalue weighted by atomic mass is 35.5. The molecule has 0 unspecified atom stereocenters. The summed E-state index contributed by atoms with van der Waals surface area (Å²) in [6, 6.07) is 4.60. The minimum absolute atomic E-state index is 0.0793. The molecule has 0 radical (unpaired) electrons. The van der Waals surface area contributed by atoms with E-state index in [1.165, 1.54) is 6.07 Å². The number of hydrogen-bond donors (Lipinski definition) is 3. The first-order valence-electron chi connectivity index (χ1n) is 7.84. The molecule has 1 aliphatic heterocycles. The van der Waals surface area contributed by atoms with Crippen LogP contribution in [0.5, 0.6) is 0 Å². The molecule has 1 aromatic carbocycles. The van der Waals surface area contributed by atoms with E-state index >= 15 is 0 Å². The summed E-state index contributed by atoms with van der Waals surface area (Å²) in [7, 11) is 0. The van der Waals surface area contributed by atoms with Crippen LogP contribution in [0.25, 0.3) is 0 Å². The van der Waals surface area contributed by atoms with Crippen molar-refractivity contribution in [3.8, 4) is 0 Å². The molecule has 5 nitrogen and oxygen atoms in total. The van der Waals surface area contributed by atoms with E-state index in [4.69, 9.17) is 23.2 Å². The number of nitrogens with one attached hydrogen (secondary N) is 3. The van der Waals surface area contributed by atoms with E-state index in [2.05, 4.69) is 43.6 Å². The molecule has 0 bridgehead atoms. The van der Waals surface area contributed by atoms with E-state index in [1.54, 1.807) is 12.1 Å². The average Bonchev–Trinajstić information content (AvgIpc) is 2.39. The standard InChI is InChI=1S/C17H23Cl2N3O2/c1-16(2)8-11(9-17(3,4)22-16)20-14(23)15(24)21-13-7-10(18)5-6-12(13)19/h5-7,11,22H,8-9H2,1-4H3,(H,20,23)(H,21,24). The van der Waals surface area contributed by atoms with Gasteiger partial charge in [-0.3, -0.25) is 9.59 Å². The highest BCUT2D eigenvalue weighted by molar-refractivity contribution is 6.42. The Morgan fingerprint density at radius 1 is 1.08 bits per heavy atom. The maximum Gasteiger partial charge on any atom is 0.313 e. The van der Waals surface area contributed by atoms with E-state index < -0.39 is 11.8 Å². The molecular formula is C17H23Cl2N3O2. The fourth-order valence-corrected chi connectivity index (χ4v) is 3.78. The average molecular weight is 372 g/mol. The van der Waals surface area contributed by atoms with Crippen LogP contribution in [0.4, 0.5) is 5.69 Å². The molecule has 0 spiro atoms. The molecule has 0 atom stereocenters. The van der Waals surface area contributed by atoms with Gasteiger partial charge >= 0.3 is 11.8 Å². The lowest BCUT2D eigenvalue weighted by Crippen LogP contribution is -2.62. The molecule has 132 valence electrons. The largest absolute Gasteiger partial charge is 0.345 e. The molecule has 0 aromatic heterocycles. The minimum Gasteiger partial charge on any atom is -0.345 e. The Hall–Kier alpha value is -1.30. The molecule has 0 aliphatic carbocycles. The Morgan fingerprint density at radius 2 is 1.67 bits per heavy atom. The van der Waals surface area contributed by atoms with Crippen LogP contribution in [0, 0.1) is 0 Å². The molecule has 24 heavy (non-hydrogen) atoms. The summed E-state index contributed by atoms with van der Waals surface area (Å²) < 4.78 is 0. The second kappa shape index (κ2) is 6.90. The van der Waals surface area contributed by atoms with E-state index in [-0.39, 0.29) is 17.1 Å². The molecule has 2 rings (SSSR count). The number of hydrogen-bond acceptors (Lipinski definition) is 3. The van der Waals surface area contributed by atoms with Gasteiger partial charge < -0.3 is 16.0 Å². The van der Waals surface area contributed by atoms with Crippen LogP contribution in [0.2, 0.25) is 10.0 Å². The first-order chi connectivity index (χ1) is 11.0. The van der Waals surface area contributed by atoms with Gasteiger partial charge in [0.15, 0.2) is 0 Å². The summed E-state index contributed by atoms with van der Waals surface area (Å²) in [5, 5.41) is 9.60. The first-order valence-corrected chi connectivity index (χ1v) is 8.59. The summed E-state index contributed by atoms with van der Waals surface area (Å²) in [5.41, 5.74) is 0.0779. The number of piperidine rings is 1. The van der Waals surface area contributed by atoms with Crippen molar-refractivity contribution in [3.63, 3.8) is 0 Å². The lowest BCUT2D eigenvalue weighted by Gasteiger charge is -2.46. The zero-order valence-corrected chi connectivity index (χ0v) is 15.8. The van der Waals surface area contributed by atoms with Crippen molar-refractivity contribution in [2.45, 2.75) is 57.7 Å². The molecule has 1 aliphatic rings. The van der Waals surface area contributed by atoms with Gasteiger partial charge in [0.05, 0.1) is 10.7 Å². The Bertz CT molecular complexity index is 643. The monoisotopic (exact) mass is 371 g/mol. The molecule has 0 saturated carbocycles. The molecule has 1 heterocycles. The van der Waals surface area contributed by atoms with E-state index in [0.717, 1.165) is 12.8 Å². The zero-order chi connectivity index (χ0) is 18.1. The number of halogens is 2. The SMILES string of the molecule is CC1(C)CC(NC(=O)C(=O)Nc2cc(Cl)ccc2Cl)CC(C)(C)N1. The smallest absolute Gasteiger partial charge is 0.313 e. The fourth-order valence-electron chi connectivity index (χ4n) is 3.45. The quantitative estimate of drug-likeness (QED) is 0.698. The summed E-state index contributed by atoms with van der Waals surface area (Å²) in [6.07, 6.45) is 1.49. The number of amides is 2. The lowest BCUT2D eigenvalue weighted by molar-refractivity contribution is -0.137. The van der Waals surface area contributed by atoms with Gasteiger partial charge in [0.2, 0.25) is 0 Å². The Morgan fingerprint density at radius 3 is 2.25 bits per heavy atom. The topological polar surface area (TPSA) is 70.2 Å². The van der Waals surface area contributed by atoms with Gasteiger partial charge in [0, 0.05) is 22.1 Å². The Labute approximate surface area is 152 Å². The Kier molecular flexibility index (Phi) is 5.47. The van der Waals surface area contributed by atoms with Gasteiger partial charge in [-0.25, -0.2) is 0 Å². The summed E-state index contributed by atoms with van der Waals surface area (Å²) in [5.74, 6) is -1.43. The third-order valence-corrected chi connectivity index (χ3v) is 4.47. The zero-order valence-electron chi connectivity index (χ0n) is 14.3. The predicted octanol–water partition coefficient (Wildman–Crippen LogP) is 3.36. The summed E-state index contributed by atoms with van der Waals surface area (Å²) in [6.45, 7) is 8.33. The van der Waals surface area contributed by atoms with Crippen molar-refractivity contribution in [1.82, 2.24) is 10.6 Å². The molecule has 1 aromatic rings. The number of rotatable bonds is 2. The maximum absolute atomic E-state index is 12.2. The van der Waals surface area contributed by atoms with Gasteiger partial charge in [-0.15, -0.1) is 0 Å². The highest BCUT2D eigenvalue weighted by Gasteiger charge is 2.38. The third kappa shape index (κ3) is 5.10. The van der Waals surface area contributed by atoms with Crippen molar-refractivity contribution in [3.05, 3.63) is 28.2 Å². The fraction of sp³-hybridized carbons (Fsp3) is 0.529. The number of benzene rings is 1. The van der Waals surface area contributed by atoms with E-state index in [1.807, 2.05) is 0 Å². The van der Waals surface area contributed by atoms with Crippen LogP contribution in [-0.2, 0) is 9.59 Å². The number of carbonyl (C=O) groups excluding carboxylic acids is 2. The van der Waals surface area contributed by atoms with Gasteiger partial charge in [0.25, 0.3) is 0 Å². The highest BCUT2D eigenvalue weighted by Crippen LogP contribution is 2.29. The molecule has 1 fully saturated rings. The lowest BCUT2D eigenvalue weighted by atomic mass is 9.79. The number of anilines is 1. The predicted molar refractivity (Wildman–Crippen MR) is 97.6 cm³/mol. The normalized spacial score (nSPS) is 19.6. The van der Waals surface area contributed by atoms with Crippen LogP contribution in [0.15, 0.2) is 18.2 Å². The second-order valence-corrected chi connectivity index (χ2v) is 8.39. The summed E-state index contributed by atoms with van der Waals surface area (Å²) >= 11 is 11.9. The second-order valence-electron chi connectivity index (χ2n) is 7.55. The van der Waals surface area contributed by atoms with Crippen molar-refractivity contribution >= 4 is 40.7 Å². The van der Waals surface area contributed by atoms with E-state index in [0.29, 0.717) is 15.7 Å². The minimum atomic E-state index is -0.756. The van der Waals surface area contributed by atoms with Gasteiger partial charge in [-0.1, -0.05) is 23.2 Å². The van der Waals surface area contributed by atoms with Crippen molar-refractivity contribution in [1.29, 1.82) is 0 Å². The molecule has 2 amide bonds. The first kappa shape index (κ1) is 19.0. The van der Waals surface area contributed by atoms with Crippen molar-refractivity contribution in [2.75, 3.05) is 5.32 Å². The van der Waals surface area contributed by atoms with Gasteiger partial charge in [0.1, 0.15) is 0 Å². The van der Waals surface area contributed by atoms with Crippen LogP contribution in [0.1, 0.15) is 40.5 Å². The summed E-state index contributed by atoms with van der Waals surface area (Å²) in [4.78, 5) is 24.3. The van der Waals surface area contributed by atoms with Gasteiger partial charge in [-0.05, 0) is 58.7 Å². The van der Waals surface area contributed by atoms with Crippen molar-refractivity contribution in [2.24, 2.45) is 0 Å². The Balaban J connectivity index is 2.01. The molecule has 7 heteroatoms. The third-order valence-electron chi connectivity index (χ3n) is 3.91. The molecular weight excluding hydrogens is 349 g/mol. The van der Waals surface area contributed by atoms with Crippen LogP contribution in [-0.4, -0.2) is 28.9 Å². The van der Waals surface area contributed by atoms with Crippen molar-refractivity contribution < 1.29 is 9.59 Å². The maximum atomic E-state index is 12.2. The van der Waals surface area contributed by atoms with Crippen LogP contribution >= 0.6 is 23.2 Å². The van der Waals surface area contributed by atoms with Crippen LogP contribution < -0.4 is 16.0 Å².